The standard InChI is InChI=1S/C14H18BrClO/c1-8-7-13(15)9(2)6-12(8)14(16)11-4-5-17-10(11)3/h6-7,10-11,14H,4-5H2,1-3H3. The normalized spacial score (nSPS) is 26.2. The highest BCUT2D eigenvalue weighted by molar-refractivity contribution is 9.10. The fourth-order valence-electron chi connectivity index (χ4n) is 2.46. The lowest BCUT2D eigenvalue weighted by Crippen LogP contribution is -2.17. The van der Waals surface area contributed by atoms with Gasteiger partial charge in [-0.1, -0.05) is 22.0 Å². The summed E-state index contributed by atoms with van der Waals surface area (Å²) in [5, 5.41) is 0.0549. The topological polar surface area (TPSA) is 9.23 Å². The Hall–Kier alpha value is -0.0500. The molecule has 0 amide bonds. The minimum atomic E-state index is 0.0549. The molecule has 3 heteroatoms. The predicted octanol–water partition coefficient (Wildman–Crippen LogP) is 4.77. The maximum Gasteiger partial charge on any atom is 0.0641 e. The summed E-state index contributed by atoms with van der Waals surface area (Å²) in [6, 6.07) is 4.35. The fourth-order valence-corrected chi connectivity index (χ4v) is 3.49. The van der Waals surface area contributed by atoms with Crippen molar-refractivity contribution < 1.29 is 4.74 Å². The van der Waals surface area contributed by atoms with Crippen molar-refractivity contribution in [2.75, 3.05) is 6.61 Å². The van der Waals surface area contributed by atoms with Gasteiger partial charge in [0.15, 0.2) is 0 Å². The van der Waals surface area contributed by atoms with Crippen molar-refractivity contribution in [2.45, 2.75) is 38.7 Å². The predicted molar refractivity (Wildman–Crippen MR) is 75.7 cm³/mol. The maximum atomic E-state index is 6.64. The summed E-state index contributed by atoms with van der Waals surface area (Å²) in [4.78, 5) is 0. The van der Waals surface area contributed by atoms with Gasteiger partial charge < -0.3 is 4.74 Å². The summed E-state index contributed by atoms with van der Waals surface area (Å²) in [6.45, 7) is 7.18. The summed E-state index contributed by atoms with van der Waals surface area (Å²) < 4.78 is 6.76. The SMILES string of the molecule is Cc1cc(C(Cl)C2CCOC2C)c(C)cc1Br. The number of halogens is 2. The number of hydrogen-bond acceptors (Lipinski definition) is 1. The zero-order valence-electron chi connectivity index (χ0n) is 10.5. The van der Waals surface area contributed by atoms with Gasteiger partial charge in [0.2, 0.25) is 0 Å². The van der Waals surface area contributed by atoms with E-state index in [1.165, 1.54) is 16.7 Å². The molecule has 1 fully saturated rings. The molecule has 0 saturated carbocycles. The Balaban J connectivity index is 2.30. The third-order valence-corrected chi connectivity index (χ3v) is 5.07. The summed E-state index contributed by atoms with van der Waals surface area (Å²) in [6.07, 6.45) is 1.32. The molecule has 0 aromatic heterocycles. The molecule has 94 valence electrons. The molecule has 1 aliphatic heterocycles. The van der Waals surface area contributed by atoms with Crippen LogP contribution in [0.3, 0.4) is 0 Å². The Bertz CT molecular complexity index is 419. The molecule has 1 saturated heterocycles. The van der Waals surface area contributed by atoms with Crippen molar-refractivity contribution in [3.8, 4) is 0 Å². The molecular weight excluding hydrogens is 300 g/mol. The van der Waals surface area contributed by atoms with Crippen molar-refractivity contribution in [1.29, 1.82) is 0 Å². The van der Waals surface area contributed by atoms with Gasteiger partial charge in [-0.3, -0.25) is 0 Å². The molecule has 0 aliphatic carbocycles. The van der Waals surface area contributed by atoms with E-state index in [9.17, 15) is 0 Å². The first-order valence-electron chi connectivity index (χ1n) is 6.03. The second kappa shape index (κ2) is 5.29. The van der Waals surface area contributed by atoms with Crippen molar-refractivity contribution in [1.82, 2.24) is 0 Å². The molecule has 3 atom stereocenters. The second-order valence-electron chi connectivity index (χ2n) is 4.89. The molecule has 0 radical (unpaired) electrons. The van der Waals surface area contributed by atoms with Crippen LogP contribution in [0.1, 0.15) is 35.4 Å². The Morgan fingerprint density at radius 3 is 2.65 bits per heavy atom. The minimum absolute atomic E-state index is 0.0549. The highest BCUT2D eigenvalue weighted by Crippen LogP contribution is 2.40. The number of benzene rings is 1. The van der Waals surface area contributed by atoms with E-state index in [1.807, 2.05) is 0 Å². The van der Waals surface area contributed by atoms with E-state index in [1.54, 1.807) is 0 Å². The molecule has 1 nitrogen and oxygen atoms in total. The van der Waals surface area contributed by atoms with Gasteiger partial charge in [-0.2, -0.15) is 0 Å². The van der Waals surface area contributed by atoms with Crippen LogP contribution in [-0.2, 0) is 4.74 Å². The molecular formula is C14H18BrClO. The second-order valence-corrected chi connectivity index (χ2v) is 6.21. The van der Waals surface area contributed by atoms with Crippen LogP contribution in [0.4, 0.5) is 0 Å². The van der Waals surface area contributed by atoms with Crippen molar-refractivity contribution in [3.63, 3.8) is 0 Å². The Labute approximate surface area is 117 Å². The van der Waals surface area contributed by atoms with Crippen LogP contribution in [0.5, 0.6) is 0 Å². The molecule has 0 spiro atoms. The Morgan fingerprint density at radius 1 is 1.35 bits per heavy atom. The average Bonchev–Trinajstić information content (AvgIpc) is 2.69. The van der Waals surface area contributed by atoms with Gasteiger partial charge >= 0.3 is 0 Å². The number of hydrogen-bond donors (Lipinski definition) is 0. The van der Waals surface area contributed by atoms with Gasteiger partial charge in [0, 0.05) is 17.0 Å². The fraction of sp³-hybridized carbons (Fsp3) is 0.571. The molecule has 0 bridgehead atoms. The molecule has 1 heterocycles. The molecule has 1 aliphatic rings. The Morgan fingerprint density at radius 2 is 2.06 bits per heavy atom. The van der Waals surface area contributed by atoms with Crippen LogP contribution in [0, 0.1) is 19.8 Å². The lowest BCUT2D eigenvalue weighted by Gasteiger charge is -2.22. The monoisotopic (exact) mass is 316 g/mol. The van der Waals surface area contributed by atoms with Gasteiger partial charge in [-0.25, -0.2) is 0 Å². The quantitative estimate of drug-likeness (QED) is 0.714. The van der Waals surface area contributed by atoms with Crippen LogP contribution >= 0.6 is 27.5 Å². The van der Waals surface area contributed by atoms with Gasteiger partial charge in [0.25, 0.3) is 0 Å². The molecule has 3 unspecified atom stereocenters. The maximum absolute atomic E-state index is 6.64. The number of ether oxygens (including phenoxy) is 1. The smallest absolute Gasteiger partial charge is 0.0641 e. The first-order valence-corrected chi connectivity index (χ1v) is 7.26. The molecule has 2 rings (SSSR count). The zero-order chi connectivity index (χ0) is 12.6. The van der Waals surface area contributed by atoms with Gasteiger partial charge in [0.05, 0.1) is 11.5 Å². The summed E-state index contributed by atoms with van der Waals surface area (Å²) >= 11 is 10.2. The van der Waals surface area contributed by atoms with Crippen molar-refractivity contribution in [2.24, 2.45) is 5.92 Å². The minimum Gasteiger partial charge on any atom is -0.378 e. The van der Waals surface area contributed by atoms with Crippen molar-refractivity contribution >= 4 is 27.5 Å². The van der Waals surface area contributed by atoms with Crippen LogP contribution in [0.15, 0.2) is 16.6 Å². The zero-order valence-corrected chi connectivity index (χ0v) is 12.8. The van der Waals surface area contributed by atoms with E-state index < -0.39 is 0 Å². The molecule has 1 aromatic rings. The molecule has 17 heavy (non-hydrogen) atoms. The highest BCUT2D eigenvalue weighted by Gasteiger charge is 2.32. The van der Waals surface area contributed by atoms with Crippen molar-refractivity contribution in [3.05, 3.63) is 33.3 Å². The molecule has 1 aromatic carbocycles. The third-order valence-electron chi connectivity index (χ3n) is 3.66. The third kappa shape index (κ3) is 2.69. The van der Waals surface area contributed by atoms with Gasteiger partial charge in [-0.15, -0.1) is 11.6 Å². The number of rotatable bonds is 2. The van der Waals surface area contributed by atoms with E-state index in [2.05, 4.69) is 48.8 Å². The van der Waals surface area contributed by atoms with E-state index in [0.29, 0.717) is 5.92 Å². The lowest BCUT2D eigenvalue weighted by molar-refractivity contribution is 0.105. The van der Waals surface area contributed by atoms with E-state index in [-0.39, 0.29) is 11.5 Å². The van der Waals surface area contributed by atoms with Crippen LogP contribution in [0.2, 0.25) is 0 Å². The van der Waals surface area contributed by atoms with Crippen LogP contribution < -0.4 is 0 Å². The average molecular weight is 318 g/mol. The largest absolute Gasteiger partial charge is 0.378 e. The number of aryl methyl sites for hydroxylation is 2. The Kier molecular flexibility index (Phi) is 4.17. The first kappa shape index (κ1) is 13.4. The van der Waals surface area contributed by atoms with Crippen LogP contribution in [0.25, 0.3) is 0 Å². The van der Waals surface area contributed by atoms with E-state index >= 15 is 0 Å². The lowest BCUT2D eigenvalue weighted by atomic mass is 9.90. The van der Waals surface area contributed by atoms with E-state index in [0.717, 1.165) is 17.5 Å². The summed E-state index contributed by atoms with van der Waals surface area (Å²) in [7, 11) is 0. The first-order chi connectivity index (χ1) is 8.00. The molecule has 0 N–H and O–H groups in total. The van der Waals surface area contributed by atoms with Gasteiger partial charge in [-0.05, 0) is 49.9 Å². The van der Waals surface area contributed by atoms with Gasteiger partial charge in [0.1, 0.15) is 0 Å². The number of alkyl halides is 1. The van der Waals surface area contributed by atoms with E-state index in [4.69, 9.17) is 16.3 Å². The highest BCUT2D eigenvalue weighted by atomic mass is 79.9. The summed E-state index contributed by atoms with van der Waals surface area (Å²) in [5.41, 5.74) is 3.74. The van der Waals surface area contributed by atoms with Crippen LogP contribution in [-0.4, -0.2) is 12.7 Å². The summed E-state index contributed by atoms with van der Waals surface area (Å²) in [5.74, 6) is 0.427.